The number of nitrogens with zero attached hydrogens (tertiary/aromatic N) is 2. The lowest BCUT2D eigenvalue weighted by Gasteiger charge is -2.26. The maximum atomic E-state index is 9.06. The predicted molar refractivity (Wildman–Crippen MR) is 89.2 cm³/mol. The van der Waals surface area contributed by atoms with E-state index in [4.69, 9.17) is 9.84 Å². The van der Waals surface area contributed by atoms with Crippen LogP contribution in [0.15, 0.2) is 30.5 Å². The summed E-state index contributed by atoms with van der Waals surface area (Å²) in [6, 6.07) is 8.60. The summed E-state index contributed by atoms with van der Waals surface area (Å²) in [6.07, 6.45) is 5.39. The van der Waals surface area contributed by atoms with Crippen molar-refractivity contribution in [3.05, 3.63) is 36.0 Å². The van der Waals surface area contributed by atoms with Gasteiger partial charge in [0.1, 0.15) is 0 Å². The Labute approximate surface area is 132 Å². The summed E-state index contributed by atoms with van der Waals surface area (Å²) in [6.45, 7) is 6.18. The number of fused-ring (bicyclic) bond motifs is 1. The van der Waals surface area contributed by atoms with Gasteiger partial charge in [0.05, 0.1) is 13.2 Å². The highest BCUT2D eigenvalue weighted by molar-refractivity contribution is 5.83. The molecule has 3 rings (SSSR count). The van der Waals surface area contributed by atoms with Crippen molar-refractivity contribution in [3.8, 4) is 0 Å². The molecule has 0 unspecified atom stereocenters. The van der Waals surface area contributed by atoms with Gasteiger partial charge in [-0.15, -0.1) is 0 Å². The van der Waals surface area contributed by atoms with Crippen LogP contribution in [0, 0.1) is 0 Å². The normalized spacial score (nSPS) is 16.4. The van der Waals surface area contributed by atoms with Gasteiger partial charge in [0.15, 0.2) is 0 Å². The van der Waals surface area contributed by atoms with E-state index in [-0.39, 0.29) is 6.61 Å². The molecule has 0 radical (unpaired) electrons. The molecule has 0 saturated carbocycles. The summed E-state index contributed by atoms with van der Waals surface area (Å²) in [5, 5.41) is 10.4. The third-order valence-electron chi connectivity index (χ3n) is 4.45. The van der Waals surface area contributed by atoms with Crippen LogP contribution >= 0.6 is 0 Å². The van der Waals surface area contributed by atoms with Crippen LogP contribution in [0.5, 0.6) is 0 Å². The first-order valence-corrected chi connectivity index (χ1v) is 8.36. The average Bonchev–Trinajstić information content (AvgIpc) is 2.92. The van der Waals surface area contributed by atoms with E-state index < -0.39 is 0 Å². The molecule has 1 N–H and O–H groups in total. The Hall–Kier alpha value is -1.36. The second-order valence-corrected chi connectivity index (χ2v) is 6.00. The van der Waals surface area contributed by atoms with E-state index in [1.54, 1.807) is 0 Å². The Morgan fingerprint density at radius 1 is 1.05 bits per heavy atom. The summed E-state index contributed by atoms with van der Waals surface area (Å²) in [5.41, 5.74) is 2.72. The number of hydrogen-bond donors (Lipinski definition) is 1. The monoisotopic (exact) mass is 302 g/mol. The third-order valence-corrected chi connectivity index (χ3v) is 4.45. The summed E-state index contributed by atoms with van der Waals surface area (Å²) < 4.78 is 7.68. The van der Waals surface area contributed by atoms with Gasteiger partial charge in [0.2, 0.25) is 0 Å². The van der Waals surface area contributed by atoms with Gasteiger partial charge in [0.25, 0.3) is 0 Å². The smallest absolute Gasteiger partial charge is 0.0594 e. The topological polar surface area (TPSA) is 37.6 Å². The largest absolute Gasteiger partial charge is 0.396 e. The number of para-hydroxylation sites is 1. The number of aryl methyl sites for hydroxylation is 2. The Kier molecular flexibility index (Phi) is 5.48. The number of ether oxygens (including phenoxy) is 1. The van der Waals surface area contributed by atoms with Crippen molar-refractivity contribution in [1.29, 1.82) is 0 Å². The molecular weight excluding hydrogens is 276 g/mol. The van der Waals surface area contributed by atoms with Crippen LogP contribution in [0.4, 0.5) is 0 Å². The zero-order valence-corrected chi connectivity index (χ0v) is 13.2. The zero-order valence-electron chi connectivity index (χ0n) is 13.2. The van der Waals surface area contributed by atoms with Gasteiger partial charge in [-0.1, -0.05) is 18.2 Å². The lowest BCUT2D eigenvalue weighted by molar-refractivity contribution is 0.0375. The first-order chi connectivity index (χ1) is 10.9. The number of hydrogen-bond acceptors (Lipinski definition) is 3. The molecule has 1 saturated heterocycles. The molecule has 1 fully saturated rings. The average molecular weight is 302 g/mol. The molecule has 1 aromatic carbocycles. The molecule has 0 spiro atoms. The lowest BCUT2D eigenvalue weighted by Crippen LogP contribution is -2.36. The molecule has 4 heteroatoms. The van der Waals surface area contributed by atoms with Gasteiger partial charge in [-0.3, -0.25) is 4.90 Å². The molecule has 0 atom stereocenters. The van der Waals surface area contributed by atoms with Crippen molar-refractivity contribution in [2.24, 2.45) is 0 Å². The van der Waals surface area contributed by atoms with Crippen molar-refractivity contribution in [3.63, 3.8) is 0 Å². The Balaban J connectivity index is 1.64. The molecule has 1 aliphatic heterocycles. The van der Waals surface area contributed by atoms with E-state index in [9.17, 15) is 0 Å². The van der Waals surface area contributed by atoms with E-state index in [0.717, 1.165) is 52.2 Å². The van der Waals surface area contributed by atoms with Crippen molar-refractivity contribution >= 4 is 10.9 Å². The third kappa shape index (κ3) is 3.69. The fourth-order valence-corrected chi connectivity index (χ4v) is 3.27. The molecule has 22 heavy (non-hydrogen) atoms. The maximum absolute atomic E-state index is 9.06. The minimum absolute atomic E-state index is 0.249. The summed E-state index contributed by atoms with van der Waals surface area (Å²) in [5.74, 6) is 0. The number of rotatable bonds is 7. The first kappa shape index (κ1) is 15.5. The van der Waals surface area contributed by atoms with Crippen LogP contribution in [-0.4, -0.2) is 54.0 Å². The molecule has 1 aromatic heterocycles. The zero-order chi connectivity index (χ0) is 15.2. The fourth-order valence-electron chi connectivity index (χ4n) is 3.27. The van der Waals surface area contributed by atoms with Crippen LogP contribution in [-0.2, 0) is 17.7 Å². The quantitative estimate of drug-likeness (QED) is 0.853. The molecule has 2 aromatic rings. The molecule has 1 aliphatic rings. The summed E-state index contributed by atoms with van der Waals surface area (Å²) >= 11 is 0. The van der Waals surface area contributed by atoms with Crippen molar-refractivity contribution in [2.45, 2.75) is 25.8 Å². The highest BCUT2D eigenvalue weighted by Crippen LogP contribution is 2.23. The van der Waals surface area contributed by atoms with Gasteiger partial charge < -0.3 is 14.4 Å². The van der Waals surface area contributed by atoms with Crippen LogP contribution < -0.4 is 0 Å². The number of aliphatic hydroxyl groups excluding tert-OH is 1. The number of benzene rings is 1. The van der Waals surface area contributed by atoms with E-state index in [0.29, 0.717) is 0 Å². The molecule has 4 nitrogen and oxygen atoms in total. The second-order valence-electron chi connectivity index (χ2n) is 6.00. The van der Waals surface area contributed by atoms with E-state index in [1.807, 2.05) is 0 Å². The van der Waals surface area contributed by atoms with Gasteiger partial charge in [0, 0.05) is 43.3 Å². The number of aliphatic hydroxyl groups is 1. The fraction of sp³-hybridized carbons (Fsp3) is 0.556. The van der Waals surface area contributed by atoms with Crippen LogP contribution in [0.25, 0.3) is 10.9 Å². The van der Waals surface area contributed by atoms with Crippen molar-refractivity contribution in [1.82, 2.24) is 9.47 Å². The first-order valence-electron chi connectivity index (χ1n) is 8.36. The number of morpholine rings is 1. The minimum Gasteiger partial charge on any atom is -0.396 e. The molecule has 2 heterocycles. The van der Waals surface area contributed by atoms with E-state index in [2.05, 4.69) is 39.9 Å². The highest BCUT2D eigenvalue weighted by Gasteiger charge is 2.11. The van der Waals surface area contributed by atoms with Gasteiger partial charge in [-0.25, -0.2) is 0 Å². The second kappa shape index (κ2) is 7.77. The maximum Gasteiger partial charge on any atom is 0.0594 e. The van der Waals surface area contributed by atoms with Crippen LogP contribution in [0.3, 0.4) is 0 Å². The van der Waals surface area contributed by atoms with Crippen molar-refractivity contribution < 1.29 is 9.84 Å². The standard InChI is InChI=1S/C18H26N2O2/c21-12-4-9-20-15-16(17-6-1-2-7-18(17)20)5-3-8-19-10-13-22-14-11-19/h1-2,6-7,15,21H,3-5,8-14H2. The highest BCUT2D eigenvalue weighted by atomic mass is 16.5. The van der Waals surface area contributed by atoms with Gasteiger partial charge in [-0.2, -0.15) is 0 Å². The minimum atomic E-state index is 0.249. The van der Waals surface area contributed by atoms with Gasteiger partial charge >= 0.3 is 0 Å². The number of aromatic nitrogens is 1. The lowest BCUT2D eigenvalue weighted by atomic mass is 10.1. The van der Waals surface area contributed by atoms with Crippen LogP contribution in [0.2, 0.25) is 0 Å². The summed E-state index contributed by atoms with van der Waals surface area (Å²) in [7, 11) is 0. The molecule has 0 amide bonds. The SMILES string of the molecule is OCCCn1cc(CCCN2CCOCC2)c2ccccc21. The van der Waals surface area contributed by atoms with Crippen LogP contribution in [0.1, 0.15) is 18.4 Å². The molecule has 0 aliphatic carbocycles. The molecular formula is C18H26N2O2. The van der Waals surface area contributed by atoms with E-state index >= 15 is 0 Å². The van der Waals surface area contributed by atoms with Gasteiger partial charge in [-0.05, 0) is 37.4 Å². The molecule has 0 bridgehead atoms. The summed E-state index contributed by atoms with van der Waals surface area (Å²) in [4.78, 5) is 2.49. The predicted octanol–water partition coefficient (Wildman–Crippen LogP) is 2.29. The Bertz CT molecular complexity index is 588. The Morgan fingerprint density at radius 2 is 1.86 bits per heavy atom. The Morgan fingerprint density at radius 3 is 2.68 bits per heavy atom. The van der Waals surface area contributed by atoms with Crippen molar-refractivity contribution in [2.75, 3.05) is 39.5 Å². The molecule has 120 valence electrons. The van der Waals surface area contributed by atoms with E-state index in [1.165, 1.54) is 22.9 Å².